The molecule has 0 aliphatic heterocycles. The molecule has 0 spiro atoms. The topological polar surface area (TPSA) is 47.6 Å². The molecule has 11 heavy (non-hydrogen) atoms. The van der Waals surface area contributed by atoms with E-state index < -0.39 is 6.09 Å². The normalized spacial score (nSPS) is 9.82. The molecule has 0 aliphatic carbocycles. The Labute approximate surface area is 66.9 Å². The molecule has 0 bridgehead atoms. The van der Waals surface area contributed by atoms with Crippen molar-refractivity contribution in [2.24, 2.45) is 0 Å². The summed E-state index contributed by atoms with van der Waals surface area (Å²) in [6.45, 7) is 4.61. The molecule has 0 rings (SSSR count). The highest BCUT2D eigenvalue weighted by Gasteiger charge is 1.97. The number of alkyl carbamates (subject to hydrolysis) is 1. The van der Waals surface area contributed by atoms with Crippen LogP contribution in [0.25, 0.3) is 0 Å². The summed E-state index contributed by atoms with van der Waals surface area (Å²) in [6.07, 6.45) is -0.236. The molecule has 4 nitrogen and oxygen atoms in total. The lowest BCUT2D eigenvalue weighted by atomic mass is 10.5. The Morgan fingerprint density at radius 3 is 2.55 bits per heavy atom. The second kappa shape index (κ2) is 5.97. The standard InChI is InChI=1S/C7H15NO3/c1-6(2)10-4-5-11-7(9)8-3/h6H,4-5H2,1-3H3,(H,8,9). The number of ether oxygens (including phenoxy) is 2. The first-order valence-corrected chi connectivity index (χ1v) is 3.63. The molecule has 1 N–H and O–H groups in total. The van der Waals surface area contributed by atoms with Crippen LogP contribution >= 0.6 is 0 Å². The average Bonchev–Trinajstić information content (AvgIpc) is 1.97. The number of nitrogens with one attached hydrogen (secondary N) is 1. The fourth-order valence-electron chi connectivity index (χ4n) is 0.490. The highest BCUT2D eigenvalue weighted by Crippen LogP contribution is 1.87. The quantitative estimate of drug-likeness (QED) is 0.619. The van der Waals surface area contributed by atoms with E-state index in [1.807, 2.05) is 13.8 Å². The number of amides is 1. The summed E-state index contributed by atoms with van der Waals surface area (Å²) < 4.78 is 9.80. The Bertz CT molecular complexity index is 114. The van der Waals surface area contributed by atoms with Gasteiger partial charge in [0.05, 0.1) is 12.7 Å². The molecular weight excluding hydrogens is 146 g/mol. The molecule has 4 heteroatoms. The smallest absolute Gasteiger partial charge is 0.406 e. The molecular formula is C7H15NO3. The van der Waals surface area contributed by atoms with E-state index in [-0.39, 0.29) is 6.10 Å². The summed E-state index contributed by atoms with van der Waals surface area (Å²) in [4.78, 5) is 10.5. The predicted molar refractivity (Wildman–Crippen MR) is 41.5 cm³/mol. The van der Waals surface area contributed by atoms with Crippen LogP contribution in [0.1, 0.15) is 13.8 Å². The van der Waals surface area contributed by atoms with Crippen LogP contribution in [0.15, 0.2) is 0 Å². The van der Waals surface area contributed by atoms with Gasteiger partial charge in [-0.2, -0.15) is 0 Å². The summed E-state index contributed by atoms with van der Waals surface area (Å²) >= 11 is 0. The van der Waals surface area contributed by atoms with Crippen LogP contribution < -0.4 is 5.32 Å². The van der Waals surface area contributed by atoms with Crippen molar-refractivity contribution in [2.45, 2.75) is 20.0 Å². The fourth-order valence-corrected chi connectivity index (χ4v) is 0.490. The van der Waals surface area contributed by atoms with Gasteiger partial charge in [0.1, 0.15) is 6.61 Å². The number of rotatable bonds is 4. The van der Waals surface area contributed by atoms with Gasteiger partial charge in [-0.15, -0.1) is 0 Å². The van der Waals surface area contributed by atoms with Gasteiger partial charge in [0.25, 0.3) is 0 Å². The molecule has 0 heterocycles. The number of hydrogen-bond donors (Lipinski definition) is 1. The Morgan fingerprint density at radius 2 is 2.09 bits per heavy atom. The number of carbonyl (C=O) groups excluding carboxylic acids is 1. The largest absolute Gasteiger partial charge is 0.447 e. The van der Waals surface area contributed by atoms with E-state index in [9.17, 15) is 4.79 Å². The second-order valence-corrected chi connectivity index (χ2v) is 2.31. The van der Waals surface area contributed by atoms with Crippen molar-refractivity contribution in [3.05, 3.63) is 0 Å². The van der Waals surface area contributed by atoms with Crippen LogP contribution in [-0.2, 0) is 9.47 Å². The molecule has 66 valence electrons. The first kappa shape index (κ1) is 10.2. The van der Waals surface area contributed by atoms with Gasteiger partial charge in [0, 0.05) is 7.05 Å². The molecule has 0 radical (unpaired) electrons. The van der Waals surface area contributed by atoms with Gasteiger partial charge < -0.3 is 14.8 Å². The Morgan fingerprint density at radius 1 is 1.45 bits per heavy atom. The van der Waals surface area contributed by atoms with E-state index >= 15 is 0 Å². The lowest BCUT2D eigenvalue weighted by Gasteiger charge is -2.07. The van der Waals surface area contributed by atoms with Crippen LogP contribution in [0.2, 0.25) is 0 Å². The van der Waals surface area contributed by atoms with E-state index in [1.54, 1.807) is 0 Å². The SMILES string of the molecule is CNC(=O)OCCOC(C)C. The maximum Gasteiger partial charge on any atom is 0.406 e. The highest BCUT2D eigenvalue weighted by atomic mass is 16.6. The van der Waals surface area contributed by atoms with Crippen molar-refractivity contribution >= 4 is 6.09 Å². The maximum atomic E-state index is 10.5. The molecule has 0 aliphatic rings. The molecule has 0 unspecified atom stereocenters. The Hall–Kier alpha value is -0.770. The Balaban J connectivity index is 3.08. The molecule has 0 aromatic heterocycles. The van der Waals surface area contributed by atoms with Crippen molar-refractivity contribution in [1.82, 2.24) is 5.32 Å². The van der Waals surface area contributed by atoms with Crippen LogP contribution in [0.3, 0.4) is 0 Å². The van der Waals surface area contributed by atoms with E-state index in [1.165, 1.54) is 7.05 Å². The van der Waals surface area contributed by atoms with Crippen LogP contribution in [-0.4, -0.2) is 32.5 Å². The zero-order valence-electron chi connectivity index (χ0n) is 7.22. The zero-order valence-corrected chi connectivity index (χ0v) is 7.22. The third-order valence-electron chi connectivity index (χ3n) is 0.972. The monoisotopic (exact) mass is 161 g/mol. The molecule has 0 saturated carbocycles. The summed E-state index contributed by atoms with van der Waals surface area (Å²) in [5.41, 5.74) is 0. The minimum atomic E-state index is -0.419. The predicted octanol–water partition coefficient (Wildman–Crippen LogP) is 0.767. The maximum absolute atomic E-state index is 10.5. The molecule has 1 amide bonds. The molecule has 0 atom stereocenters. The molecule has 0 saturated heterocycles. The summed E-state index contributed by atoms with van der Waals surface area (Å²) in [6, 6.07) is 0. The van der Waals surface area contributed by atoms with E-state index in [2.05, 4.69) is 10.1 Å². The van der Waals surface area contributed by atoms with E-state index in [4.69, 9.17) is 4.74 Å². The van der Waals surface area contributed by atoms with Crippen molar-refractivity contribution in [3.63, 3.8) is 0 Å². The summed E-state index contributed by atoms with van der Waals surface area (Å²) in [7, 11) is 1.52. The Kier molecular flexibility index (Phi) is 5.56. The lowest BCUT2D eigenvalue weighted by molar-refractivity contribution is 0.0400. The van der Waals surface area contributed by atoms with Gasteiger partial charge in [-0.3, -0.25) is 0 Å². The van der Waals surface area contributed by atoms with Crippen molar-refractivity contribution in [3.8, 4) is 0 Å². The van der Waals surface area contributed by atoms with Crippen molar-refractivity contribution < 1.29 is 14.3 Å². The second-order valence-electron chi connectivity index (χ2n) is 2.31. The van der Waals surface area contributed by atoms with Gasteiger partial charge in [0.2, 0.25) is 0 Å². The highest BCUT2D eigenvalue weighted by molar-refractivity contribution is 5.66. The van der Waals surface area contributed by atoms with Gasteiger partial charge in [-0.25, -0.2) is 4.79 Å². The fraction of sp³-hybridized carbons (Fsp3) is 0.857. The van der Waals surface area contributed by atoms with Gasteiger partial charge >= 0.3 is 6.09 Å². The minimum absolute atomic E-state index is 0.184. The first-order valence-electron chi connectivity index (χ1n) is 3.63. The van der Waals surface area contributed by atoms with Crippen LogP contribution in [0.4, 0.5) is 4.79 Å². The van der Waals surface area contributed by atoms with Crippen molar-refractivity contribution in [2.75, 3.05) is 20.3 Å². The van der Waals surface area contributed by atoms with E-state index in [0.717, 1.165) is 0 Å². The van der Waals surface area contributed by atoms with Crippen molar-refractivity contribution in [1.29, 1.82) is 0 Å². The lowest BCUT2D eigenvalue weighted by Crippen LogP contribution is -2.21. The van der Waals surface area contributed by atoms with Crippen LogP contribution in [0, 0.1) is 0 Å². The zero-order chi connectivity index (χ0) is 8.69. The van der Waals surface area contributed by atoms with Gasteiger partial charge in [-0.1, -0.05) is 0 Å². The average molecular weight is 161 g/mol. The number of carbonyl (C=O) groups is 1. The molecule has 0 aromatic carbocycles. The van der Waals surface area contributed by atoms with Crippen LogP contribution in [0.5, 0.6) is 0 Å². The third-order valence-corrected chi connectivity index (χ3v) is 0.972. The minimum Gasteiger partial charge on any atom is -0.447 e. The summed E-state index contributed by atoms with van der Waals surface area (Å²) in [5.74, 6) is 0. The van der Waals surface area contributed by atoms with Gasteiger partial charge in [0.15, 0.2) is 0 Å². The number of hydrogen-bond acceptors (Lipinski definition) is 3. The first-order chi connectivity index (χ1) is 5.16. The van der Waals surface area contributed by atoms with Gasteiger partial charge in [-0.05, 0) is 13.8 Å². The molecule has 0 aromatic rings. The molecule has 0 fully saturated rings. The van der Waals surface area contributed by atoms with E-state index in [0.29, 0.717) is 13.2 Å². The third kappa shape index (κ3) is 7.12. The summed E-state index contributed by atoms with van der Waals surface area (Å²) in [5, 5.41) is 2.34.